The Labute approximate surface area is 101 Å². The lowest BCUT2D eigenvalue weighted by Crippen LogP contribution is -2.61. The molecule has 1 saturated carbocycles. The zero-order valence-corrected chi connectivity index (χ0v) is 11.5. The van der Waals surface area contributed by atoms with Crippen LogP contribution in [0.15, 0.2) is 0 Å². The molecule has 0 heterocycles. The number of hydrogen-bond donors (Lipinski definition) is 1. The Morgan fingerprint density at radius 2 is 1.88 bits per heavy atom. The first-order valence-electron chi connectivity index (χ1n) is 6.64. The zero-order chi connectivity index (χ0) is 12.2. The summed E-state index contributed by atoms with van der Waals surface area (Å²) < 4.78 is 0. The van der Waals surface area contributed by atoms with Crippen LogP contribution in [0.4, 0.5) is 0 Å². The Balaban J connectivity index is 2.40. The lowest BCUT2D eigenvalue weighted by Gasteiger charge is -2.53. The van der Waals surface area contributed by atoms with Crippen LogP contribution in [-0.4, -0.2) is 55.6 Å². The Morgan fingerprint density at radius 3 is 2.25 bits per heavy atom. The van der Waals surface area contributed by atoms with Gasteiger partial charge in [0, 0.05) is 12.1 Å². The van der Waals surface area contributed by atoms with Crippen LogP contribution in [0.2, 0.25) is 0 Å². The van der Waals surface area contributed by atoms with E-state index in [0.717, 1.165) is 19.0 Å². The number of likely N-dealkylation sites (N-methyl/N-ethyl adjacent to an activating group) is 1. The molecule has 1 aliphatic carbocycles. The average Bonchev–Trinajstić information content (AvgIpc) is 2.19. The summed E-state index contributed by atoms with van der Waals surface area (Å²) >= 11 is 0. The van der Waals surface area contributed by atoms with Gasteiger partial charge >= 0.3 is 0 Å². The maximum atomic E-state index is 5.99. The molecule has 3 heteroatoms. The van der Waals surface area contributed by atoms with E-state index in [2.05, 4.69) is 37.7 Å². The lowest BCUT2D eigenvalue weighted by atomic mass is 9.68. The highest BCUT2D eigenvalue weighted by Gasteiger charge is 2.44. The second-order valence-corrected chi connectivity index (χ2v) is 5.68. The monoisotopic (exact) mass is 227 g/mol. The first kappa shape index (κ1) is 13.9. The summed E-state index contributed by atoms with van der Waals surface area (Å²) in [4.78, 5) is 4.86. The molecule has 0 atom stereocenters. The van der Waals surface area contributed by atoms with Gasteiger partial charge in [0.05, 0.1) is 0 Å². The van der Waals surface area contributed by atoms with E-state index in [9.17, 15) is 0 Å². The molecule has 0 amide bonds. The van der Waals surface area contributed by atoms with Crippen LogP contribution in [0.25, 0.3) is 0 Å². The quantitative estimate of drug-likeness (QED) is 0.713. The van der Waals surface area contributed by atoms with Crippen LogP contribution in [0.1, 0.15) is 33.1 Å². The summed E-state index contributed by atoms with van der Waals surface area (Å²) in [6.07, 6.45) is 3.83. The molecule has 2 N–H and O–H groups in total. The largest absolute Gasteiger partial charge is 0.329 e. The van der Waals surface area contributed by atoms with Gasteiger partial charge in [-0.2, -0.15) is 0 Å². The Kier molecular flexibility index (Phi) is 5.22. The Bertz CT molecular complexity index is 197. The van der Waals surface area contributed by atoms with Crippen molar-refractivity contribution in [3.8, 4) is 0 Å². The predicted octanol–water partition coefficient (Wildman–Crippen LogP) is 1.39. The summed E-state index contributed by atoms with van der Waals surface area (Å²) in [6, 6.07) is 0. The maximum absolute atomic E-state index is 5.99. The van der Waals surface area contributed by atoms with Crippen molar-refractivity contribution in [2.75, 3.05) is 40.3 Å². The third-order valence-electron chi connectivity index (χ3n) is 3.92. The molecular weight excluding hydrogens is 198 g/mol. The van der Waals surface area contributed by atoms with Gasteiger partial charge in [-0.15, -0.1) is 0 Å². The fraction of sp³-hybridized carbons (Fsp3) is 1.00. The third kappa shape index (κ3) is 3.19. The Hall–Kier alpha value is -0.120. The summed E-state index contributed by atoms with van der Waals surface area (Å²) in [6.45, 7) is 8.92. The van der Waals surface area contributed by atoms with Crippen LogP contribution < -0.4 is 5.73 Å². The van der Waals surface area contributed by atoms with Gasteiger partial charge in [-0.1, -0.05) is 13.8 Å². The molecule has 0 spiro atoms. The predicted molar refractivity (Wildman–Crippen MR) is 70.6 cm³/mol. The molecule has 0 saturated heterocycles. The third-order valence-corrected chi connectivity index (χ3v) is 3.92. The maximum Gasteiger partial charge on any atom is 0.0336 e. The normalized spacial score (nSPS) is 29.8. The first-order chi connectivity index (χ1) is 7.54. The summed E-state index contributed by atoms with van der Waals surface area (Å²) in [7, 11) is 4.28. The van der Waals surface area contributed by atoms with Gasteiger partial charge in [0.25, 0.3) is 0 Å². The molecule has 16 heavy (non-hydrogen) atoms. The van der Waals surface area contributed by atoms with Crippen molar-refractivity contribution < 1.29 is 0 Å². The molecular formula is C13H29N3. The highest BCUT2D eigenvalue weighted by molar-refractivity contribution is 5.01. The molecule has 0 radical (unpaired) electrons. The summed E-state index contributed by atoms with van der Waals surface area (Å²) in [5, 5.41) is 0. The average molecular weight is 227 g/mol. The van der Waals surface area contributed by atoms with Crippen molar-refractivity contribution in [2.45, 2.75) is 38.6 Å². The van der Waals surface area contributed by atoms with Gasteiger partial charge in [0.1, 0.15) is 0 Å². The molecule has 0 unspecified atom stereocenters. The molecule has 1 aliphatic rings. The molecule has 0 aromatic heterocycles. The molecule has 3 nitrogen and oxygen atoms in total. The topological polar surface area (TPSA) is 32.5 Å². The van der Waals surface area contributed by atoms with Crippen molar-refractivity contribution in [3.05, 3.63) is 0 Å². The number of nitrogens with zero attached hydrogens (tertiary/aromatic N) is 2. The van der Waals surface area contributed by atoms with Gasteiger partial charge in [-0.05, 0) is 58.9 Å². The standard InChI is InChI=1S/C13H29N3/c1-5-16(8-6-7-15(3)4)13(11-14)9-12(2)10-13/h12H,5-11,14H2,1-4H3. The van der Waals surface area contributed by atoms with E-state index < -0.39 is 0 Å². The Morgan fingerprint density at radius 1 is 1.25 bits per heavy atom. The van der Waals surface area contributed by atoms with Crippen LogP contribution in [0.5, 0.6) is 0 Å². The molecule has 0 aromatic carbocycles. The smallest absolute Gasteiger partial charge is 0.0336 e. The van der Waals surface area contributed by atoms with E-state index in [0.29, 0.717) is 5.54 Å². The van der Waals surface area contributed by atoms with Crippen LogP contribution in [0.3, 0.4) is 0 Å². The van der Waals surface area contributed by atoms with Crippen molar-refractivity contribution in [2.24, 2.45) is 11.7 Å². The number of rotatable bonds is 7. The van der Waals surface area contributed by atoms with E-state index in [-0.39, 0.29) is 0 Å². The molecule has 0 bridgehead atoms. The van der Waals surface area contributed by atoms with Gasteiger partial charge in [0.2, 0.25) is 0 Å². The van der Waals surface area contributed by atoms with Gasteiger partial charge in [-0.3, -0.25) is 4.90 Å². The number of hydrogen-bond acceptors (Lipinski definition) is 3. The highest BCUT2D eigenvalue weighted by Crippen LogP contribution is 2.41. The van der Waals surface area contributed by atoms with Gasteiger partial charge < -0.3 is 10.6 Å². The molecule has 96 valence electrons. The number of nitrogens with two attached hydrogens (primary N) is 1. The SMILES string of the molecule is CCN(CCCN(C)C)C1(CN)CC(C)C1. The second kappa shape index (κ2) is 5.99. The molecule has 1 fully saturated rings. The van der Waals surface area contributed by atoms with Crippen molar-refractivity contribution in [3.63, 3.8) is 0 Å². The fourth-order valence-electron chi connectivity index (χ4n) is 3.10. The second-order valence-electron chi connectivity index (χ2n) is 5.68. The van der Waals surface area contributed by atoms with Crippen molar-refractivity contribution >= 4 is 0 Å². The van der Waals surface area contributed by atoms with Crippen molar-refractivity contribution in [1.82, 2.24) is 9.80 Å². The minimum absolute atomic E-state index is 0.334. The highest BCUT2D eigenvalue weighted by atomic mass is 15.2. The summed E-state index contributed by atoms with van der Waals surface area (Å²) in [5.41, 5.74) is 6.32. The fourth-order valence-corrected chi connectivity index (χ4v) is 3.10. The zero-order valence-electron chi connectivity index (χ0n) is 11.5. The van der Waals surface area contributed by atoms with Crippen molar-refractivity contribution in [1.29, 1.82) is 0 Å². The van der Waals surface area contributed by atoms with Crippen LogP contribution in [0, 0.1) is 5.92 Å². The minimum atomic E-state index is 0.334. The molecule has 0 aromatic rings. The first-order valence-corrected chi connectivity index (χ1v) is 6.64. The van der Waals surface area contributed by atoms with Crippen LogP contribution in [-0.2, 0) is 0 Å². The lowest BCUT2D eigenvalue weighted by molar-refractivity contribution is -0.0108. The van der Waals surface area contributed by atoms with Gasteiger partial charge in [0.15, 0.2) is 0 Å². The van der Waals surface area contributed by atoms with E-state index >= 15 is 0 Å². The molecule has 1 rings (SSSR count). The van der Waals surface area contributed by atoms with E-state index in [1.165, 1.54) is 32.4 Å². The summed E-state index contributed by atoms with van der Waals surface area (Å²) in [5.74, 6) is 0.867. The van der Waals surface area contributed by atoms with Crippen LogP contribution >= 0.6 is 0 Å². The van der Waals surface area contributed by atoms with E-state index in [4.69, 9.17) is 5.73 Å². The molecule has 0 aliphatic heterocycles. The minimum Gasteiger partial charge on any atom is -0.329 e. The van der Waals surface area contributed by atoms with Gasteiger partial charge in [-0.25, -0.2) is 0 Å². The van der Waals surface area contributed by atoms with E-state index in [1.54, 1.807) is 0 Å². The van der Waals surface area contributed by atoms with E-state index in [1.807, 2.05) is 0 Å².